The summed E-state index contributed by atoms with van der Waals surface area (Å²) in [5.74, 6) is -2.40. The summed E-state index contributed by atoms with van der Waals surface area (Å²) in [5.41, 5.74) is -0.165. The molecule has 0 radical (unpaired) electrons. The number of halogens is 2. The van der Waals surface area contributed by atoms with Gasteiger partial charge in [0.15, 0.2) is 0 Å². The molecule has 0 aromatic heterocycles. The van der Waals surface area contributed by atoms with E-state index in [0.29, 0.717) is 6.54 Å². The van der Waals surface area contributed by atoms with Crippen LogP contribution < -0.4 is 5.32 Å². The highest BCUT2D eigenvalue weighted by Crippen LogP contribution is 2.43. The van der Waals surface area contributed by atoms with Crippen LogP contribution in [0.3, 0.4) is 0 Å². The van der Waals surface area contributed by atoms with Crippen molar-refractivity contribution in [3.63, 3.8) is 0 Å². The first kappa shape index (κ1) is 7.47. The second-order valence-corrected chi connectivity index (χ2v) is 3.84. The fourth-order valence-corrected chi connectivity index (χ4v) is 2.11. The SMILES string of the molecule is FC1(F)CCNC2(CCC2)C1. The lowest BCUT2D eigenvalue weighted by Gasteiger charge is -2.48. The van der Waals surface area contributed by atoms with Gasteiger partial charge < -0.3 is 5.32 Å². The highest BCUT2D eigenvalue weighted by molar-refractivity contribution is 5.02. The molecule has 1 N–H and O–H groups in total. The van der Waals surface area contributed by atoms with Crippen LogP contribution in [0.2, 0.25) is 0 Å². The summed E-state index contributed by atoms with van der Waals surface area (Å²) in [6.07, 6.45) is 3.10. The van der Waals surface area contributed by atoms with Crippen molar-refractivity contribution in [3.8, 4) is 0 Å². The molecule has 0 unspecified atom stereocenters. The van der Waals surface area contributed by atoms with Gasteiger partial charge >= 0.3 is 0 Å². The van der Waals surface area contributed by atoms with Crippen molar-refractivity contribution >= 4 is 0 Å². The minimum Gasteiger partial charge on any atom is -0.311 e. The summed E-state index contributed by atoms with van der Waals surface area (Å²) in [4.78, 5) is 0. The maximum absolute atomic E-state index is 12.9. The molecule has 1 heterocycles. The Morgan fingerprint density at radius 2 is 1.82 bits per heavy atom. The second kappa shape index (κ2) is 2.16. The molecule has 3 heteroatoms. The van der Waals surface area contributed by atoms with Crippen LogP contribution in [-0.4, -0.2) is 18.0 Å². The summed E-state index contributed by atoms with van der Waals surface area (Å²) in [5, 5.41) is 3.21. The highest BCUT2D eigenvalue weighted by atomic mass is 19.3. The molecule has 1 saturated carbocycles. The number of hydrogen-bond acceptors (Lipinski definition) is 1. The largest absolute Gasteiger partial charge is 0.311 e. The van der Waals surface area contributed by atoms with E-state index in [1.807, 2.05) is 0 Å². The number of piperidine rings is 1. The van der Waals surface area contributed by atoms with Crippen molar-refractivity contribution in [2.45, 2.75) is 43.6 Å². The first-order chi connectivity index (χ1) is 5.12. The van der Waals surface area contributed by atoms with Gasteiger partial charge in [-0.25, -0.2) is 8.78 Å². The quantitative estimate of drug-likeness (QED) is 0.572. The maximum atomic E-state index is 12.9. The Kier molecular flexibility index (Phi) is 1.46. The molecule has 2 fully saturated rings. The zero-order chi connectivity index (χ0) is 7.95. The van der Waals surface area contributed by atoms with E-state index in [1.54, 1.807) is 0 Å². The van der Waals surface area contributed by atoms with Gasteiger partial charge in [-0.3, -0.25) is 0 Å². The zero-order valence-electron chi connectivity index (χ0n) is 6.50. The summed E-state index contributed by atoms with van der Waals surface area (Å²) >= 11 is 0. The van der Waals surface area contributed by atoms with E-state index < -0.39 is 5.92 Å². The Labute approximate surface area is 65.2 Å². The molecule has 0 amide bonds. The molecule has 2 aliphatic rings. The van der Waals surface area contributed by atoms with Crippen LogP contribution in [0, 0.1) is 0 Å². The predicted molar refractivity (Wildman–Crippen MR) is 38.8 cm³/mol. The number of hydrogen-bond donors (Lipinski definition) is 1. The molecule has 1 nitrogen and oxygen atoms in total. The molecule has 1 spiro atoms. The monoisotopic (exact) mass is 161 g/mol. The first-order valence-corrected chi connectivity index (χ1v) is 4.25. The lowest BCUT2D eigenvalue weighted by molar-refractivity contribution is -0.0806. The van der Waals surface area contributed by atoms with Crippen LogP contribution in [0.1, 0.15) is 32.1 Å². The van der Waals surface area contributed by atoms with Crippen molar-refractivity contribution < 1.29 is 8.78 Å². The second-order valence-electron chi connectivity index (χ2n) is 3.84. The van der Waals surface area contributed by atoms with E-state index in [9.17, 15) is 8.78 Å². The van der Waals surface area contributed by atoms with Crippen molar-refractivity contribution in [2.24, 2.45) is 0 Å². The van der Waals surface area contributed by atoms with Gasteiger partial charge in [0.25, 0.3) is 5.92 Å². The molecule has 1 aliphatic heterocycles. The number of nitrogens with one attached hydrogen (secondary N) is 1. The summed E-state index contributed by atoms with van der Waals surface area (Å²) in [6.45, 7) is 0.493. The van der Waals surface area contributed by atoms with Gasteiger partial charge in [0.05, 0.1) is 0 Å². The van der Waals surface area contributed by atoms with Crippen LogP contribution >= 0.6 is 0 Å². The summed E-state index contributed by atoms with van der Waals surface area (Å²) in [7, 11) is 0. The molecule has 0 bridgehead atoms. The Bertz CT molecular complexity index is 163. The maximum Gasteiger partial charge on any atom is 0.251 e. The number of alkyl halides is 2. The molecular formula is C8H13F2N. The third-order valence-electron chi connectivity index (χ3n) is 2.90. The third-order valence-corrected chi connectivity index (χ3v) is 2.90. The van der Waals surface area contributed by atoms with Gasteiger partial charge in [-0.2, -0.15) is 0 Å². The predicted octanol–water partition coefficient (Wildman–Crippen LogP) is 1.93. The van der Waals surface area contributed by atoms with Gasteiger partial charge in [-0.1, -0.05) is 0 Å². The lowest BCUT2D eigenvalue weighted by atomic mass is 9.71. The fraction of sp³-hybridized carbons (Fsp3) is 1.00. The average Bonchev–Trinajstić information content (AvgIpc) is 1.82. The molecule has 11 heavy (non-hydrogen) atoms. The molecular weight excluding hydrogens is 148 g/mol. The Morgan fingerprint density at radius 3 is 2.18 bits per heavy atom. The normalized spacial score (nSPS) is 33.3. The fourth-order valence-electron chi connectivity index (χ4n) is 2.11. The van der Waals surface area contributed by atoms with Crippen molar-refractivity contribution in [3.05, 3.63) is 0 Å². The molecule has 64 valence electrons. The molecule has 1 aliphatic carbocycles. The zero-order valence-corrected chi connectivity index (χ0v) is 6.50. The van der Waals surface area contributed by atoms with Gasteiger partial charge in [-0.15, -0.1) is 0 Å². The Balaban J connectivity index is 2.03. The van der Waals surface area contributed by atoms with E-state index >= 15 is 0 Å². The van der Waals surface area contributed by atoms with Gasteiger partial charge in [0.1, 0.15) is 0 Å². The van der Waals surface area contributed by atoms with Crippen LogP contribution in [0.15, 0.2) is 0 Å². The van der Waals surface area contributed by atoms with Crippen LogP contribution in [-0.2, 0) is 0 Å². The first-order valence-electron chi connectivity index (χ1n) is 4.25. The van der Waals surface area contributed by atoms with Crippen molar-refractivity contribution in [2.75, 3.05) is 6.54 Å². The Hall–Kier alpha value is -0.180. The van der Waals surface area contributed by atoms with E-state index in [-0.39, 0.29) is 18.4 Å². The smallest absolute Gasteiger partial charge is 0.251 e. The molecule has 0 aromatic carbocycles. The van der Waals surface area contributed by atoms with Crippen LogP contribution in [0.25, 0.3) is 0 Å². The minimum absolute atomic E-state index is 0.0226. The molecule has 0 atom stereocenters. The molecule has 0 aromatic rings. The van der Waals surface area contributed by atoms with Gasteiger partial charge in [0.2, 0.25) is 0 Å². The average molecular weight is 161 g/mol. The van der Waals surface area contributed by atoms with Crippen LogP contribution in [0.5, 0.6) is 0 Å². The van der Waals surface area contributed by atoms with Gasteiger partial charge in [0, 0.05) is 24.9 Å². The topological polar surface area (TPSA) is 12.0 Å². The summed E-state index contributed by atoms with van der Waals surface area (Å²) < 4.78 is 25.8. The minimum atomic E-state index is -2.40. The van der Waals surface area contributed by atoms with E-state index in [0.717, 1.165) is 19.3 Å². The van der Waals surface area contributed by atoms with E-state index in [4.69, 9.17) is 0 Å². The highest BCUT2D eigenvalue weighted by Gasteiger charge is 2.48. The number of rotatable bonds is 0. The van der Waals surface area contributed by atoms with Crippen molar-refractivity contribution in [1.29, 1.82) is 0 Å². The van der Waals surface area contributed by atoms with E-state index in [1.165, 1.54) is 0 Å². The molecule has 2 rings (SSSR count). The van der Waals surface area contributed by atoms with E-state index in [2.05, 4.69) is 5.32 Å². The lowest BCUT2D eigenvalue weighted by Crippen LogP contribution is -2.58. The van der Waals surface area contributed by atoms with Gasteiger partial charge in [-0.05, 0) is 19.3 Å². The van der Waals surface area contributed by atoms with Crippen molar-refractivity contribution in [1.82, 2.24) is 5.32 Å². The standard InChI is InChI=1S/C8H13F2N/c9-8(10)4-5-11-7(6-8)2-1-3-7/h11H,1-6H2. The Morgan fingerprint density at radius 1 is 1.09 bits per heavy atom. The molecule has 1 saturated heterocycles. The van der Waals surface area contributed by atoms with Crippen LogP contribution in [0.4, 0.5) is 8.78 Å². The third kappa shape index (κ3) is 1.26. The summed E-state index contributed by atoms with van der Waals surface area (Å²) in [6, 6.07) is 0.